The first-order valence-electron chi connectivity index (χ1n) is 9.41. The van der Waals surface area contributed by atoms with Crippen LogP contribution in [0.4, 0.5) is 5.69 Å². The highest BCUT2D eigenvalue weighted by Gasteiger charge is 2.08. The van der Waals surface area contributed by atoms with Crippen molar-refractivity contribution in [3.05, 3.63) is 53.6 Å². The van der Waals surface area contributed by atoms with Gasteiger partial charge in [0.1, 0.15) is 11.5 Å². The monoisotopic (exact) mass is 512 g/mol. The molecule has 0 aliphatic heterocycles. The molecule has 0 spiro atoms. The minimum absolute atomic E-state index is 0. The molecule has 0 aliphatic rings. The Morgan fingerprint density at radius 3 is 2.52 bits per heavy atom. The summed E-state index contributed by atoms with van der Waals surface area (Å²) in [4.78, 5) is 16.3. The Balaban J connectivity index is 0.00000420. The fraction of sp³-hybridized carbons (Fsp3) is 0.333. The maximum atomic E-state index is 12.0. The zero-order valence-electron chi connectivity index (χ0n) is 17.0. The Hall–Kier alpha value is -2.49. The number of anilines is 1. The molecule has 2 aromatic rings. The van der Waals surface area contributed by atoms with E-state index < -0.39 is 0 Å². The van der Waals surface area contributed by atoms with E-state index in [-0.39, 0.29) is 35.8 Å². The summed E-state index contributed by atoms with van der Waals surface area (Å²) in [6, 6.07) is 12.8. The first-order chi connectivity index (χ1) is 13.6. The van der Waals surface area contributed by atoms with Gasteiger partial charge in [-0.25, -0.2) is 4.99 Å². The molecule has 0 fully saturated rings. The van der Waals surface area contributed by atoms with Gasteiger partial charge in [-0.3, -0.25) is 4.79 Å². The van der Waals surface area contributed by atoms with Crippen LogP contribution in [0.15, 0.2) is 47.5 Å². The molecule has 1 amide bonds. The number of nitrogens with zero attached hydrogens (tertiary/aromatic N) is 1. The average Bonchev–Trinajstić information content (AvgIpc) is 2.69. The van der Waals surface area contributed by atoms with Gasteiger partial charge in [0.05, 0.1) is 25.4 Å². The molecule has 0 saturated heterocycles. The standard InChI is InChI=1S/C21H28N4O3.HI/c1-4-23-20(26)16-9-7-8-15(12-16)14-24-21(22)25-18-13-17(27-5-2)10-11-19(18)28-6-3;/h7-13H,4-6,14H2,1-3H3,(H,23,26)(H3,22,24,25);1H. The maximum Gasteiger partial charge on any atom is 0.251 e. The van der Waals surface area contributed by atoms with Gasteiger partial charge in [0.2, 0.25) is 0 Å². The van der Waals surface area contributed by atoms with Gasteiger partial charge in [-0.1, -0.05) is 12.1 Å². The summed E-state index contributed by atoms with van der Waals surface area (Å²) in [5, 5.41) is 5.85. The molecule has 2 aromatic carbocycles. The normalized spacial score (nSPS) is 10.7. The minimum atomic E-state index is -0.103. The Bertz CT molecular complexity index is 827. The van der Waals surface area contributed by atoms with Crippen LogP contribution >= 0.6 is 24.0 Å². The largest absolute Gasteiger partial charge is 0.494 e. The van der Waals surface area contributed by atoms with E-state index in [0.29, 0.717) is 43.3 Å². The second-order valence-corrected chi connectivity index (χ2v) is 5.91. The van der Waals surface area contributed by atoms with Crippen molar-refractivity contribution >= 4 is 41.5 Å². The third-order valence-corrected chi connectivity index (χ3v) is 3.78. The first kappa shape index (κ1) is 24.5. The average molecular weight is 512 g/mol. The van der Waals surface area contributed by atoms with Crippen LogP contribution in [0.1, 0.15) is 36.7 Å². The number of guanidine groups is 1. The number of amides is 1. The van der Waals surface area contributed by atoms with Gasteiger partial charge in [0.25, 0.3) is 5.91 Å². The van der Waals surface area contributed by atoms with Crippen LogP contribution in [0.3, 0.4) is 0 Å². The van der Waals surface area contributed by atoms with Gasteiger partial charge in [-0.2, -0.15) is 0 Å². The molecule has 0 bridgehead atoms. The van der Waals surface area contributed by atoms with E-state index >= 15 is 0 Å². The molecule has 0 aliphatic carbocycles. The van der Waals surface area contributed by atoms with Gasteiger partial charge in [-0.05, 0) is 50.6 Å². The molecule has 0 saturated carbocycles. The molecule has 0 atom stereocenters. The van der Waals surface area contributed by atoms with Crippen LogP contribution in [0.25, 0.3) is 0 Å². The predicted octanol–water partition coefficient (Wildman–Crippen LogP) is 3.78. The lowest BCUT2D eigenvalue weighted by Gasteiger charge is -2.14. The number of benzene rings is 2. The Labute approximate surface area is 189 Å². The number of nitrogens with one attached hydrogen (secondary N) is 2. The number of carbonyl (C=O) groups is 1. The molecule has 7 nitrogen and oxygen atoms in total. The lowest BCUT2D eigenvalue weighted by molar-refractivity contribution is 0.0955. The lowest BCUT2D eigenvalue weighted by atomic mass is 10.1. The molecule has 29 heavy (non-hydrogen) atoms. The van der Waals surface area contributed by atoms with Crippen molar-refractivity contribution in [1.82, 2.24) is 5.32 Å². The number of aliphatic imine (C=N–C) groups is 1. The number of hydrogen-bond donors (Lipinski definition) is 3. The van der Waals surface area contributed by atoms with Gasteiger partial charge in [0, 0.05) is 18.2 Å². The van der Waals surface area contributed by atoms with Crippen molar-refractivity contribution in [2.24, 2.45) is 10.7 Å². The van der Waals surface area contributed by atoms with Gasteiger partial charge < -0.3 is 25.8 Å². The zero-order valence-corrected chi connectivity index (χ0v) is 19.4. The number of ether oxygens (including phenoxy) is 2. The second kappa shape index (κ2) is 12.9. The molecular weight excluding hydrogens is 483 g/mol. The number of rotatable bonds is 9. The molecule has 158 valence electrons. The smallest absolute Gasteiger partial charge is 0.251 e. The SMILES string of the molecule is CCNC(=O)c1cccc(CN=C(N)Nc2cc(OCC)ccc2OCC)c1.I. The van der Waals surface area contributed by atoms with Crippen molar-refractivity contribution < 1.29 is 14.3 Å². The van der Waals surface area contributed by atoms with Crippen molar-refractivity contribution in [1.29, 1.82) is 0 Å². The zero-order chi connectivity index (χ0) is 20.4. The topological polar surface area (TPSA) is 98.0 Å². The first-order valence-corrected chi connectivity index (χ1v) is 9.41. The Kier molecular flexibility index (Phi) is 10.9. The van der Waals surface area contributed by atoms with Crippen LogP contribution in [0.5, 0.6) is 11.5 Å². The summed E-state index contributed by atoms with van der Waals surface area (Å²) in [7, 11) is 0. The van der Waals surface area contributed by atoms with E-state index in [1.165, 1.54) is 0 Å². The highest BCUT2D eigenvalue weighted by Crippen LogP contribution is 2.29. The van der Waals surface area contributed by atoms with Crippen LogP contribution < -0.4 is 25.8 Å². The van der Waals surface area contributed by atoms with E-state index in [1.807, 2.05) is 57.2 Å². The molecule has 0 aromatic heterocycles. The van der Waals surface area contributed by atoms with Gasteiger partial charge in [-0.15, -0.1) is 24.0 Å². The van der Waals surface area contributed by atoms with Crippen LogP contribution in [-0.4, -0.2) is 31.6 Å². The van der Waals surface area contributed by atoms with Crippen LogP contribution in [-0.2, 0) is 6.54 Å². The molecule has 2 rings (SSSR count). The summed E-state index contributed by atoms with van der Waals surface area (Å²) in [6.07, 6.45) is 0. The van der Waals surface area contributed by atoms with E-state index in [4.69, 9.17) is 15.2 Å². The predicted molar refractivity (Wildman–Crippen MR) is 128 cm³/mol. The summed E-state index contributed by atoms with van der Waals surface area (Å²) in [5.74, 6) is 1.53. The molecule has 0 unspecified atom stereocenters. The Morgan fingerprint density at radius 2 is 1.83 bits per heavy atom. The number of carbonyl (C=O) groups excluding carboxylic acids is 1. The molecule has 0 radical (unpaired) electrons. The van der Waals surface area contributed by atoms with E-state index in [0.717, 1.165) is 11.3 Å². The van der Waals surface area contributed by atoms with Crippen molar-refractivity contribution in [2.75, 3.05) is 25.1 Å². The highest BCUT2D eigenvalue weighted by molar-refractivity contribution is 14.0. The fourth-order valence-electron chi connectivity index (χ4n) is 2.57. The minimum Gasteiger partial charge on any atom is -0.494 e. The van der Waals surface area contributed by atoms with Crippen LogP contribution in [0, 0.1) is 0 Å². The highest BCUT2D eigenvalue weighted by atomic mass is 127. The Morgan fingerprint density at radius 1 is 1.07 bits per heavy atom. The molecule has 4 N–H and O–H groups in total. The number of hydrogen-bond acceptors (Lipinski definition) is 4. The third-order valence-electron chi connectivity index (χ3n) is 3.78. The molecular formula is C21H29IN4O3. The van der Waals surface area contributed by atoms with Crippen molar-refractivity contribution in [3.63, 3.8) is 0 Å². The van der Waals surface area contributed by atoms with E-state index in [1.54, 1.807) is 6.07 Å². The van der Waals surface area contributed by atoms with E-state index in [9.17, 15) is 4.79 Å². The lowest BCUT2D eigenvalue weighted by Crippen LogP contribution is -2.23. The van der Waals surface area contributed by atoms with Gasteiger partial charge >= 0.3 is 0 Å². The summed E-state index contributed by atoms with van der Waals surface area (Å²) in [5.41, 5.74) is 8.23. The molecule has 8 heteroatoms. The van der Waals surface area contributed by atoms with Crippen molar-refractivity contribution in [2.45, 2.75) is 27.3 Å². The number of nitrogens with two attached hydrogens (primary N) is 1. The van der Waals surface area contributed by atoms with Gasteiger partial charge in [0.15, 0.2) is 5.96 Å². The summed E-state index contributed by atoms with van der Waals surface area (Å²) in [6.45, 7) is 7.76. The number of halogens is 1. The third kappa shape index (κ3) is 7.80. The van der Waals surface area contributed by atoms with Crippen LogP contribution in [0.2, 0.25) is 0 Å². The summed E-state index contributed by atoms with van der Waals surface area (Å²) < 4.78 is 11.2. The quantitative estimate of drug-likeness (QED) is 0.270. The molecule has 0 heterocycles. The second-order valence-electron chi connectivity index (χ2n) is 5.91. The van der Waals surface area contributed by atoms with E-state index in [2.05, 4.69) is 15.6 Å². The summed E-state index contributed by atoms with van der Waals surface area (Å²) >= 11 is 0. The fourth-order valence-corrected chi connectivity index (χ4v) is 2.57. The van der Waals surface area contributed by atoms with Crippen molar-refractivity contribution in [3.8, 4) is 11.5 Å². The maximum absolute atomic E-state index is 12.0.